The molecule has 2 nitrogen and oxygen atoms in total. The van der Waals surface area contributed by atoms with Crippen molar-refractivity contribution < 1.29 is 13.5 Å². The molecule has 0 amide bonds. The molecule has 2 aromatic rings. The van der Waals surface area contributed by atoms with E-state index in [0.717, 1.165) is 6.07 Å². The molecule has 2 aromatic carbocycles. The molecule has 0 aliphatic heterocycles. The number of rotatable bonds is 3. The van der Waals surface area contributed by atoms with Crippen LogP contribution in [0.25, 0.3) is 0 Å². The van der Waals surface area contributed by atoms with Gasteiger partial charge in [0.05, 0.1) is 11.6 Å². The summed E-state index contributed by atoms with van der Waals surface area (Å²) in [4.78, 5) is 0. The molecule has 0 aromatic heterocycles. The van der Waals surface area contributed by atoms with Crippen LogP contribution in [0.15, 0.2) is 40.9 Å². The van der Waals surface area contributed by atoms with E-state index in [2.05, 4.69) is 15.9 Å². The van der Waals surface area contributed by atoms with Crippen molar-refractivity contribution in [2.45, 2.75) is 6.61 Å². The first-order valence-electron chi connectivity index (χ1n) is 5.36. The Morgan fingerprint density at radius 3 is 2.63 bits per heavy atom. The lowest BCUT2D eigenvalue weighted by Crippen LogP contribution is -1.98. The van der Waals surface area contributed by atoms with Crippen LogP contribution < -0.4 is 4.74 Å². The molecular weight excluding hydrogens is 316 g/mol. The van der Waals surface area contributed by atoms with E-state index in [0.29, 0.717) is 10.0 Å². The fourth-order valence-corrected chi connectivity index (χ4v) is 1.88. The lowest BCUT2D eigenvalue weighted by molar-refractivity contribution is 0.289. The van der Waals surface area contributed by atoms with Gasteiger partial charge in [0.25, 0.3) is 0 Å². The smallest absolute Gasteiger partial charge is 0.166 e. The van der Waals surface area contributed by atoms with Crippen molar-refractivity contribution in [3.63, 3.8) is 0 Å². The predicted molar refractivity (Wildman–Crippen MR) is 69.5 cm³/mol. The van der Waals surface area contributed by atoms with E-state index in [-0.39, 0.29) is 17.9 Å². The minimum atomic E-state index is -0.520. The fraction of sp³-hybridized carbons (Fsp3) is 0.0714. The number of halogens is 3. The molecule has 0 saturated carbocycles. The van der Waals surface area contributed by atoms with Crippen LogP contribution in [0, 0.1) is 23.0 Å². The Bertz CT molecular complexity index is 652. The van der Waals surface area contributed by atoms with Crippen LogP contribution in [0.4, 0.5) is 8.78 Å². The first-order valence-corrected chi connectivity index (χ1v) is 6.15. The summed E-state index contributed by atoms with van der Waals surface area (Å²) >= 11 is 3.14. The zero-order valence-electron chi connectivity index (χ0n) is 9.66. The van der Waals surface area contributed by atoms with Gasteiger partial charge in [0.15, 0.2) is 11.6 Å². The van der Waals surface area contributed by atoms with Gasteiger partial charge in [0, 0.05) is 4.47 Å². The highest BCUT2D eigenvalue weighted by atomic mass is 79.9. The first-order chi connectivity index (χ1) is 9.08. The van der Waals surface area contributed by atoms with E-state index >= 15 is 0 Å². The molecule has 0 N–H and O–H groups in total. The molecule has 2 rings (SSSR count). The summed E-state index contributed by atoms with van der Waals surface area (Å²) in [6.45, 7) is -0.00894. The summed E-state index contributed by atoms with van der Waals surface area (Å²) in [6.07, 6.45) is 0. The average molecular weight is 324 g/mol. The van der Waals surface area contributed by atoms with Crippen molar-refractivity contribution in [3.05, 3.63) is 63.6 Å². The molecule has 0 atom stereocenters. The summed E-state index contributed by atoms with van der Waals surface area (Å²) in [7, 11) is 0. The molecular formula is C14H8BrF2NO. The molecule has 0 unspecified atom stereocenters. The van der Waals surface area contributed by atoms with E-state index in [1.807, 2.05) is 6.07 Å². The Labute approximate surface area is 117 Å². The second kappa shape index (κ2) is 5.81. The van der Waals surface area contributed by atoms with Gasteiger partial charge in [0.2, 0.25) is 0 Å². The Hall–Kier alpha value is -1.93. The molecule has 19 heavy (non-hydrogen) atoms. The maximum atomic E-state index is 13.5. The van der Waals surface area contributed by atoms with Crippen molar-refractivity contribution in [1.29, 1.82) is 5.26 Å². The highest BCUT2D eigenvalue weighted by molar-refractivity contribution is 9.10. The van der Waals surface area contributed by atoms with E-state index in [1.54, 1.807) is 6.07 Å². The predicted octanol–water partition coefficient (Wildman–Crippen LogP) is 4.18. The second-order valence-electron chi connectivity index (χ2n) is 3.82. The van der Waals surface area contributed by atoms with Crippen LogP contribution in [0.1, 0.15) is 11.1 Å². The Morgan fingerprint density at radius 2 is 1.95 bits per heavy atom. The Balaban J connectivity index is 2.14. The third kappa shape index (κ3) is 3.52. The minimum Gasteiger partial charge on any atom is -0.486 e. The number of nitriles is 1. The van der Waals surface area contributed by atoms with Crippen molar-refractivity contribution in [2.24, 2.45) is 0 Å². The zero-order chi connectivity index (χ0) is 13.8. The Morgan fingerprint density at radius 1 is 1.16 bits per heavy atom. The van der Waals surface area contributed by atoms with Crippen LogP contribution in [-0.2, 0) is 6.61 Å². The lowest BCUT2D eigenvalue weighted by atomic mass is 10.1. The summed E-state index contributed by atoms with van der Waals surface area (Å²) in [5.74, 6) is -0.953. The highest BCUT2D eigenvalue weighted by Crippen LogP contribution is 2.22. The molecule has 0 bridgehead atoms. The average Bonchev–Trinajstić information content (AvgIpc) is 2.37. The second-order valence-corrected chi connectivity index (χ2v) is 4.74. The first kappa shape index (κ1) is 13.5. The summed E-state index contributed by atoms with van der Waals surface area (Å²) < 4.78 is 32.5. The molecule has 0 radical (unpaired) electrons. The molecule has 0 spiro atoms. The van der Waals surface area contributed by atoms with E-state index < -0.39 is 11.6 Å². The van der Waals surface area contributed by atoms with Gasteiger partial charge in [-0.25, -0.2) is 8.78 Å². The topological polar surface area (TPSA) is 33.0 Å². The number of ether oxygens (including phenoxy) is 1. The van der Waals surface area contributed by atoms with Gasteiger partial charge in [0.1, 0.15) is 12.4 Å². The fourth-order valence-electron chi connectivity index (χ4n) is 1.55. The van der Waals surface area contributed by atoms with E-state index in [4.69, 9.17) is 10.00 Å². The summed E-state index contributed by atoms with van der Waals surface area (Å²) in [5.41, 5.74) is 0.675. The van der Waals surface area contributed by atoms with Gasteiger partial charge in [-0.15, -0.1) is 0 Å². The number of hydrogen-bond acceptors (Lipinski definition) is 2. The van der Waals surface area contributed by atoms with Gasteiger partial charge >= 0.3 is 0 Å². The SMILES string of the molecule is N#Cc1cc(F)cc(COc2ccc(Br)cc2F)c1. The molecule has 5 heteroatoms. The van der Waals surface area contributed by atoms with Gasteiger partial charge in [-0.1, -0.05) is 15.9 Å². The normalized spacial score (nSPS) is 10.0. The zero-order valence-corrected chi connectivity index (χ0v) is 11.2. The number of nitrogens with zero attached hydrogens (tertiary/aromatic N) is 1. The van der Waals surface area contributed by atoms with E-state index in [1.165, 1.54) is 24.3 Å². The van der Waals surface area contributed by atoms with Gasteiger partial charge in [-0.05, 0) is 42.0 Å². The maximum Gasteiger partial charge on any atom is 0.166 e. The molecule has 0 fully saturated rings. The minimum absolute atomic E-state index is 0.00894. The van der Waals surface area contributed by atoms with Crippen LogP contribution in [0.3, 0.4) is 0 Å². The van der Waals surface area contributed by atoms with Gasteiger partial charge in [-0.2, -0.15) is 5.26 Å². The van der Waals surface area contributed by atoms with Crippen molar-refractivity contribution in [3.8, 4) is 11.8 Å². The van der Waals surface area contributed by atoms with Crippen LogP contribution in [-0.4, -0.2) is 0 Å². The van der Waals surface area contributed by atoms with Crippen molar-refractivity contribution in [2.75, 3.05) is 0 Å². The van der Waals surface area contributed by atoms with Crippen LogP contribution in [0.2, 0.25) is 0 Å². The third-order valence-electron chi connectivity index (χ3n) is 2.37. The number of benzene rings is 2. The quantitative estimate of drug-likeness (QED) is 0.849. The van der Waals surface area contributed by atoms with Crippen LogP contribution >= 0.6 is 15.9 Å². The lowest BCUT2D eigenvalue weighted by Gasteiger charge is -2.08. The third-order valence-corrected chi connectivity index (χ3v) is 2.87. The standard InChI is InChI=1S/C14H8BrF2NO/c15-11-1-2-14(13(17)6-11)19-8-10-3-9(7-18)4-12(16)5-10/h1-6H,8H2. The molecule has 96 valence electrons. The van der Waals surface area contributed by atoms with Gasteiger partial charge < -0.3 is 4.74 Å². The summed E-state index contributed by atoms with van der Waals surface area (Å²) in [5, 5.41) is 8.72. The molecule has 0 saturated heterocycles. The van der Waals surface area contributed by atoms with E-state index in [9.17, 15) is 8.78 Å². The molecule has 0 aliphatic carbocycles. The Kier molecular flexibility index (Phi) is 4.13. The maximum absolute atomic E-state index is 13.5. The monoisotopic (exact) mass is 323 g/mol. The van der Waals surface area contributed by atoms with Gasteiger partial charge in [-0.3, -0.25) is 0 Å². The number of hydrogen-bond donors (Lipinski definition) is 0. The highest BCUT2D eigenvalue weighted by Gasteiger charge is 2.06. The van der Waals surface area contributed by atoms with Crippen molar-refractivity contribution in [1.82, 2.24) is 0 Å². The van der Waals surface area contributed by atoms with Crippen molar-refractivity contribution >= 4 is 15.9 Å². The largest absolute Gasteiger partial charge is 0.486 e. The molecule has 0 heterocycles. The summed E-state index contributed by atoms with van der Waals surface area (Å²) in [6, 6.07) is 10.1. The molecule has 0 aliphatic rings. The van der Waals surface area contributed by atoms with Crippen LogP contribution in [0.5, 0.6) is 5.75 Å².